The number of carboxylic acid groups (broad SMARTS) is 1. The molecule has 0 saturated carbocycles. The summed E-state index contributed by atoms with van der Waals surface area (Å²) in [6.45, 7) is 7.55. The standard InChI is InChI=1S/C26H30N2O4/c1-5-10-20(26(31)32)21(15-16(2)3)24(29)27-23-19-13-7-6-11-17(19)18-12-8-9-14-22(18)28(4)25(23)30/h5-9,11-14,16,20-21,23H,1,10,15H2,2-4H3,(H,27,29)(H,31,32)/t20-,21+,23?/m0/s1. The highest BCUT2D eigenvalue weighted by molar-refractivity contribution is 6.06. The Hall–Kier alpha value is -3.41. The number of nitrogens with one attached hydrogen (secondary N) is 1. The third kappa shape index (κ3) is 4.59. The zero-order valence-electron chi connectivity index (χ0n) is 18.7. The van der Waals surface area contributed by atoms with Crippen molar-refractivity contribution in [2.45, 2.75) is 32.7 Å². The molecule has 168 valence electrons. The Kier molecular flexibility index (Phi) is 7.13. The highest BCUT2D eigenvalue weighted by atomic mass is 16.4. The van der Waals surface area contributed by atoms with Crippen LogP contribution in [-0.2, 0) is 14.4 Å². The number of anilines is 1. The van der Waals surface area contributed by atoms with Crippen LogP contribution in [0.25, 0.3) is 11.1 Å². The molecule has 0 spiro atoms. The van der Waals surface area contributed by atoms with Crippen molar-refractivity contribution in [2.75, 3.05) is 11.9 Å². The molecule has 2 N–H and O–H groups in total. The molecular formula is C26H30N2O4. The minimum Gasteiger partial charge on any atom is -0.481 e. The van der Waals surface area contributed by atoms with Gasteiger partial charge < -0.3 is 15.3 Å². The molecule has 32 heavy (non-hydrogen) atoms. The van der Waals surface area contributed by atoms with Crippen LogP contribution in [0.3, 0.4) is 0 Å². The SMILES string of the molecule is C=CC[C@H](C(=O)O)[C@@H](CC(C)C)C(=O)NC1C(=O)N(C)c2ccccc2-c2ccccc21. The number of hydrogen-bond acceptors (Lipinski definition) is 3. The number of aliphatic carboxylic acids is 1. The molecule has 1 heterocycles. The number of benzene rings is 2. The van der Waals surface area contributed by atoms with Crippen LogP contribution in [0.15, 0.2) is 61.2 Å². The Labute approximate surface area is 188 Å². The van der Waals surface area contributed by atoms with Crippen LogP contribution in [0.5, 0.6) is 0 Å². The average Bonchev–Trinajstić information content (AvgIpc) is 2.85. The molecule has 6 nitrogen and oxygen atoms in total. The van der Waals surface area contributed by atoms with E-state index in [0.29, 0.717) is 12.0 Å². The van der Waals surface area contributed by atoms with Gasteiger partial charge in [0, 0.05) is 12.6 Å². The van der Waals surface area contributed by atoms with Crippen LogP contribution in [0.2, 0.25) is 0 Å². The van der Waals surface area contributed by atoms with Crippen LogP contribution >= 0.6 is 0 Å². The van der Waals surface area contributed by atoms with Crippen LogP contribution < -0.4 is 10.2 Å². The van der Waals surface area contributed by atoms with Crippen molar-refractivity contribution in [1.29, 1.82) is 0 Å². The highest BCUT2D eigenvalue weighted by Crippen LogP contribution is 2.39. The average molecular weight is 435 g/mol. The van der Waals surface area contributed by atoms with Crippen LogP contribution in [-0.4, -0.2) is 29.9 Å². The van der Waals surface area contributed by atoms with E-state index < -0.39 is 29.8 Å². The van der Waals surface area contributed by atoms with Gasteiger partial charge in [-0.25, -0.2) is 0 Å². The number of amides is 2. The number of carboxylic acids is 1. The van der Waals surface area contributed by atoms with Crippen molar-refractivity contribution in [3.63, 3.8) is 0 Å². The molecule has 1 aliphatic rings. The van der Waals surface area contributed by atoms with Gasteiger partial charge in [-0.2, -0.15) is 0 Å². The molecule has 2 amide bonds. The number of carbonyl (C=O) groups is 3. The summed E-state index contributed by atoms with van der Waals surface area (Å²) < 4.78 is 0. The molecule has 1 unspecified atom stereocenters. The van der Waals surface area contributed by atoms with Gasteiger partial charge in [-0.05, 0) is 36.0 Å². The van der Waals surface area contributed by atoms with Gasteiger partial charge in [0.15, 0.2) is 0 Å². The molecule has 2 aromatic rings. The quantitative estimate of drug-likeness (QED) is 0.602. The molecular weight excluding hydrogens is 404 g/mol. The van der Waals surface area contributed by atoms with E-state index >= 15 is 0 Å². The Morgan fingerprint density at radius 3 is 2.34 bits per heavy atom. The highest BCUT2D eigenvalue weighted by Gasteiger charge is 2.38. The number of fused-ring (bicyclic) bond motifs is 3. The number of hydrogen-bond donors (Lipinski definition) is 2. The van der Waals surface area contributed by atoms with Crippen molar-refractivity contribution >= 4 is 23.5 Å². The lowest BCUT2D eigenvalue weighted by Crippen LogP contribution is -2.45. The number of allylic oxidation sites excluding steroid dienone is 1. The summed E-state index contributed by atoms with van der Waals surface area (Å²) in [5.74, 6) is -3.30. The fraction of sp³-hybridized carbons (Fsp3) is 0.346. The van der Waals surface area contributed by atoms with E-state index in [-0.39, 0.29) is 18.2 Å². The summed E-state index contributed by atoms with van der Waals surface area (Å²) in [5.41, 5.74) is 3.23. The maximum Gasteiger partial charge on any atom is 0.307 e. The molecule has 0 saturated heterocycles. The number of carbonyl (C=O) groups excluding carboxylic acids is 2. The van der Waals surface area contributed by atoms with E-state index in [1.807, 2.05) is 62.4 Å². The Morgan fingerprint density at radius 2 is 1.72 bits per heavy atom. The van der Waals surface area contributed by atoms with Crippen LogP contribution in [0.4, 0.5) is 5.69 Å². The summed E-state index contributed by atoms with van der Waals surface area (Å²) in [6, 6.07) is 14.2. The Morgan fingerprint density at radius 1 is 1.09 bits per heavy atom. The van der Waals surface area contributed by atoms with Gasteiger partial charge in [-0.1, -0.05) is 62.4 Å². The maximum atomic E-state index is 13.5. The van der Waals surface area contributed by atoms with Crippen molar-refractivity contribution in [2.24, 2.45) is 17.8 Å². The van der Waals surface area contributed by atoms with Gasteiger partial charge in [0.25, 0.3) is 5.91 Å². The Balaban J connectivity index is 2.03. The van der Waals surface area contributed by atoms with Crippen molar-refractivity contribution in [3.8, 4) is 11.1 Å². The summed E-state index contributed by atoms with van der Waals surface area (Å²) >= 11 is 0. The molecule has 3 atom stereocenters. The second-order valence-electron chi connectivity index (χ2n) is 8.65. The second kappa shape index (κ2) is 9.81. The predicted octanol–water partition coefficient (Wildman–Crippen LogP) is 4.43. The molecule has 3 rings (SSSR count). The minimum absolute atomic E-state index is 0.112. The zero-order chi connectivity index (χ0) is 23.4. The van der Waals surface area contributed by atoms with Gasteiger partial charge in [0.1, 0.15) is 6.04 Å². The second-order valence-corrected chi connectivity index (χ2v) is 8.65. The molecule has 0 radical (unpaired) electrons. The maximum absolute atomic E-state index is 13.5. The predicted molar refractivity (Wildman–Crippen MR) is 125 cm³/mol. The molecule has 0 aromatic heterocycles. The largest absolute Gasteiger partial charge is 0.481 e. The lowest BCUT2D eigenvalue weighted by molar-refractivity contribution is -0.148. The first-order valence-electron chi connectivity index (χ1n) is 10.9. The van der Waals surface area contributed by atoms with Crippen molar-refractivity contribution in [3.05, 3.63) is 66.7 Å². The number of para-hydroxylation sites is 1. The van der Waals surface area contributed by atoms with Crippen LogP contribution in [0, 0.1) is 17.8 Å². The van der Waals surface area contributed by atoms with Gasteiger partial charge in [0.2, 0.25) is 5.91 Å². The van der Waals surface area contributed by atoms with Crippen molar-refractivity contribution < 1.29 is 19.5 Å². The molecule has 0 bridgehead atoms. The van der Waals surface area contributed by atoms with Gasteiger partial charge in [0.05, 0.1) is 17.5 Å². The summed E-state index contributed by atoms with van der Waals surface area (Å²) in [6.07, 6.45) is 2.10. The van der Waals surface area contributed by atoms with E-state index in [9.17, 15) is 19.5 Å². The lowest BCUT2D eigenvalue weighted by Gasteiger charge is -2.28. The zero-order valence-corrected chi connectivity index (χ0v) is 18.7. The summed E-state index contributed by atoms with van der Waals surface area (Å²) in [4.78, 5) is 40.4. The molecule has 2 aromatic carbocycles. The normalized spacial score (nSPS) is 17.1. The third-order valence-corrected chi connectivity index (χ3v) is 5.98. The van der Waals surface area contributed by atoms with E-state index in [2.05, 4.69) is 11.9 Å². The summed E-state index contributed by atoms with van der Waals surface area (Å²) in [7, 11) is 1.69. The third-order valence-electron chi connectivity index (χ3n) is 5.98. The fourth-order valence-electron chi connectivity index (χ4n) is 4.40. The van der Waals surface area contributed by atoms with Gasteiger partial charge in [-0.3, -0.25) is 14.4 Å². The smallest absolute Gasteiger partial charge is 0.307 e. The summed E-state index contributed by atoms with van der Waals surface area (Å²) in [5, 5.41) is 12.7. The minimum atomic E-state index is -1.04. The van der Waals surface area contributed by atoms with Crippen molar-refractivity contribution in [1.82, 2.24) is 5.32 Å². The van der Waals surface area contributed by atoms with Crippen LogP contribution in [0.1, 0.15) is 38.3 Å². The number of nitrogens with zero attached hydrogens (tertiary/aromatic N) is 1. The van der Waals surface area contributed by atoms with Gasteiger partial charge in [-0.15, -0.1) is 6.58 Å². The van der Waals surface area contributed by atoms with E-state index in [1.165, 1.54) is 6.08 Å². The molecule has 0 aliphatic carbocycles. The first-order valence-corrected chi connectivity index (χ1v) is 10.9. The monoisotopic (exact) mass is 434 g/mol. The Bertz CT molecular complexity index is 1030. The van der Waals surface area contributed by atoms with Gasteiger partial charge >= 0.3 is 5.97 Å². The molecule has 0 fully saturated rings. The van der Waals surface area contributed by atoms with E-state index in [4.69, 9.17) is 0 Å². The number of rotatable bonds is 8. The first kappa shape index (κ1) is 23.3. The molecule has 1 aliphatic heterocycles. The first-order chi connectivity index (χ1) is 15.3. The number of likely N-dealkylation sites (N-methyl/N-ethyl adjacent to an activating group) is 1. The topological polar surface area (TPSA) is 86.7 Å². The van der Waals surface area contributed by atoms with E-state index in [0.717, 1.165) is 16.8 Å². The molecule has 6 heteroatoms. The lowest BCUT2D eigenvalue weighted by atomic mass is 9.82. The van der Waals surface area contributed by atoms with E-state index in [1.54, 1.807) is 11.9 Å². The fourth-order valence-corrected chi connectivity index (χ4v) is 4.40.